The van der Waals surface area contributed by atoms with Crippen LogP contribution in [0, 0.1) is 0 Å². The SMILES string of the molecule is C[C@H](CNC(=O)CSc1nnc(-c2cccnc2)n1C1CC1)c1ccccc1. The van der Waals surface area contributed by atoms with Gasteiger partial charge in [-0.25, -0.2) is 0 Å². The Balaban J connectivity index is 1.36. The van der Waals surface area contributed by atoms with Crippen LogP contribution in [-0.4, -0.2) is 38.0 Å². The molecule has 28 heavy (non-hydrogen) atoms. The number of rotatable bonds is 8. The largest absolute Gasteiger partial charge is 0.355 e. The van der Waals surface area contributed by atoms with Crippen LogP contribution in [0.1, 0.15) is 37.3 Å². The van der Waals surface area contributed by atoms with Crippen molar-refractivity contribution in [2.45, 2.75) is 36.9 Å². The number of benzene rings is 1. The molecule has 0 saturated heterocycles. The molecule has 0 radical (unpaired) electrons. The minimum atomic E-state index is 0.0149. The van der Waals surface area contributed by atoms with Crippen molar-refractivity contribution in [3.05, 3.63) is 60.4 Å². The van der Waals surface area contributed by atoms with E-state index in [2.05, 4.69) is 44.1 Å². The molecule has 1 N–H and O–H groups in total. The Morgan fingerprint density at radius 1 is 1.21 bits per heavy atom. The fourth-order valence-electron chi connectivity index (χ4n) is 3.08. The molecule has 1 aromatic carbocycles. The number of hydrogen-bond acceptors (Lipinski definition) is 5. The standard InChI is InChI=1S/C21H23N5OS/c1-15(16-6-3-2-4-7-16)12-23-19(27)14-28-21-25-24-20(26(21)18-9-10-18)17-8-5-11-22-13-17/h2-8,11,13,15,18H,9-10,12,14H2,1H3,(H,23,27)/t15-/m1/s1. The molecule has 0 bridgehead atoms. The number of carbonyl (C=O) groups is 1. The van der Waals surface area contributed by atoms with E-state index in [1.807, 2.05) is 30.3 Å². The third-order valence-electron chi connectivity index (χ3n) is 4.80. The van der Waals surface area contributed by atoms with Gasteiger partial charge < -0.3 is 5.32 Å². The van der Waals surface area contributed by atoms with Gasteiger partial charge in [-0.3, -0.25) is 14.3 Å². The highest BCUT2D eigenvalue weighted by atomic mass is 32.2. The minimum absolute atomic E-state index is 0.0149. The third kappa shape index (κ3) is 4.42. The zero-order chi connectivity index (χ0) is 19.3. The smallest absolute Gasteiger partial charge is 0.230 e. The molecule has 7 heteroatoms. The first-order valence-electron chi connectivity index (χ1n) is 9.52. The molecule has 4 rings (SSSR count). The Bertz CT molecular complexity index is 924. The lowest BCUT2D eigenvalue weighted by molar-refractivity contribution is -0.118. The monoisotopic (exact) mass is 393 g/mol. The maximum absolute atomic E-state index is 12.3. The highest BCUT2D eigenvalue weighted by Crippen LogP contribution is 2.40. The first kappa shape index (κ1) is 18.7. The van der Waals surface area contributed by atoms with E-state index < -0.39 is 0 Å². The average Bonchev–Trinajstić information content (AvgIpc) is 3.50. The van der Waals surface area contributed by atoms with Gasteiger partial charge in [0.2, 0.25) is 5.91 Å². The maximum Gasteiger partial charge on any atom is 0.230 e. The van der Waals surface area contributed by atoms with E-state index in [4.69, 9.17) is 0 Å². The molecule has 2 aromatic heterocycles. The summed E-state index contributed by atoms with van der Waals surface area (Å²) in [7, 11) is 0. The van der Waals surface area contributed by atoms with Crippen LogP contribution in [-0.2, 0) is 4.79 Å². The van der Waals surface area contributed by atoms with Crippen molar-refractivity contribution in [1.29, 1.82) is 0 Å². The van der Waals surface area contributed by atoms with Gasteiger partial charge in [-0.15, -0.1) is 10.2 Å². The van der Waals surface area contributed by atoms with Gasteiger partial charge in [0, 0.05) is 30.5 Å². The molecule has 2 heterocycles. The van der Waals surface area contributed by atoms with Crippen molar-refractivity contribution in [2.75, 3.05) is 12.3 Å². The second-order valence-electron chi connectivity index (χ2n) is 7.05. The lowest BCUT2D eigenvalue weighted by atomic mass is 10.0. The van der Waals surface area contributed by atoms with Crippen molar-refractivity contribution in [2.24, 2.45) is 0 Å². The van der Waals surface area contributed by atoms with Gasteiger partial charge in [0.1, 0.15) is 0 Å². The molecule has 0 aliphatic heterocycles. The molecule has 1 amide bonds. The van der Waals surface area contributed by atoms with Crippen molar-refractivity contribution < 1.29 is 4.79 Å². The number of nitrogens with zero attached hydrogens (tertiary/aromatic N) is 4. The average molecular weight is 394 g/mol. The molecular formula is C21H23N5OS. The first-order valence-corrected chi connectivity index (χ1v) is 10.5. The van der Waals surface area contributed by atoms with Crippen LogP contribution in [0.3, 0.4) is 0 Å². The number of pyridine rings is 1. The van der Waals surface area contributed by atoms with E-state index in [1.54, 1.807) is 12.4 Å². The Labute approximate surface area is 168 Å². The van der Waals surface area contributed by atoms with E-state index >= 15 is 0 Å². The number of nitrogens with one attached hydrogen (secondary N) is 1. The predicted octanol–water partition coefficient (Wildman–Crippen LogP) is 3.69. The summed E-state index contributed by atoms with van der Waals surface area (Å²) < 4.78 is 2.15. The van der Waals surface area contributed by atoms with Crippen molar-refractivity contribution in [3.8, 4) is 11.4 Å². The van der Waals surface area contributed by atoms with Gasteiger partial charge >= 0.3 is 0 Å². The summed E-state index contributed by atoms with van der Waals surface area (Å²) >= 11 is 1.44. The van der Waals surface area contributed by atoms with Crippen LogP contribution in [0.25, 0.3) is 11.4 Å². The predicted molar refractivity (Wildman–Crippen MR) is 110 cm³/mol. The summed E-state index contributed by atoms with van der Waals surface area (Å²) in [6.07, 6.45) is 5.80. The molecule has 0 spiro atoms. The fraction of sp³-hybridized carbons (Fsp3) is 0.333. The molecule has 144 valence electrons. The molecule has 1 fully saturated rings. The third-order valence-corrected chi connectivity index (χ3v) is 5.75. The molecule has 1 aliphatic carbocycles. The van der Waals surface area contributed by atoms with E-state index in [0.29, 0.717) is 18.3 Å². The van der Waals surface area contributed by atoms with Gasteiger partial charge in [0.25, 0.3) is 0 Å². The number of thioether (sulfide) groups is 1. The maximum atomic E-state index is 12.3. The summed E-state index contributed by atoms with van der Waals surface area (Å²) in [5, 5.41) is 12.5. The summed E-state index contributed by atoms with van der Waals surface area (Å²) in [6, 6.07) is 14.5. The zero-order valence-corrected chi connectivity index (χ0v) is 16.6. The summed E-state index contributed by atoms with van der Waals surface area (Å²) in [6.45, 7) is 2.74. The Kier molecular flexibility index (Phi) is 5.71. The number of carbonyl (C=O) groups excluding carboxylic acids is 1. The Hall–Kier alpha value is -2.67. The quantitative estimate of drug-likeness (QED) is 0.591. The van der Waals surface area contributed by atoms with Crippen molar-refractivity contribution >= 4 is 17.7 Å². The number of amides is 1. The van der Waals surface area contributed by atoms with Crippen LogP contribution >= 0.6 is 11.8 Å². The second-order valence-corrected chi connectivity index (χ2v) is 8.00. The summed E-state index contributed by atoms with van der Waals surface area (Å²) in [5.74, 6) is 1.46. The van der Waals surface area contributed by atoms with Gasteiger partial charge in [0.15, 0.2) is 11.0 Å². The lowest BCUT2D eigenvalue weighted by Gasteiger charge is -2.13. The molecule has 1 atom stereocenters. The number of hydrogen-bond donors (Lipinski definition) is 1. The van der Waals surface area contributed by atoms with Crippen LogP contribution in [0.5, 0.6) is 0 Å². The lowest BCUT2D eigenvalue weighted by Crippen LogP contribution is -2.29. The van der Waals surface area contributed by atoms with Crippen LogP contribution in [0.15, 0.2) is 60.0 Å². The van der Waals surface area contributed by atoms with Gasteiger partial charge in [-0.05, 0) is 36.5 Å². The molecular weight excluding hydrogens is 370 g/mol. The second kappa shape index (κ2) is 8.56. The highest BCUT2D eigenvalue weighted by Gasteiger charge is 2.30. The van der Waals surface area contributed by atoms with Gasteiger partial charge in [-0.1, -0.05) is 49.0 Å². The van der Waals surface area contributed by atoms with Gasteiger partial charge in [-0.2, -0.15) is 0 Å². The van der Waals surface area contributed by atoms with E-state index in [9.17, 15) is 4.79 Å². The van der Waals surface area contributed by atoms with Crippen LogP contribution in [0.2, 0.25) is 0 Å². The normalized spacial score (nSPS) is 14.6. The molecule has 1 aliphatic rings. The summed E-state index contributed by atoms with van der Waals surface area (Å²) in [4.78, 5) is 16.5. The van der Waals surface area contributed by atoms with E-state index in [1.165, 1.54) is 17.3 Å². The van der Waals surface area contributed by atoms with Crippen LogP contribution in [0.4, 0.5) is 0 Å². The molecule has 0 unspecified atom stereocenters. The highest BCUT2D eigenvalue weighted by molar-refractivity contribution is 7.99. The van der Waals surface area contributed by atoms with E-state index in [-0.39, 0.29) is 11.8 Å². The first-order chi connectivity index (χ1) is 13.7. The van der Waals surface area contributed by atoms with E-state index in [0.717, 1.165) is 29.4 Å². The molecule has 1 saturated carbocycles. The molecule has 3 aromatic rings. The topological polar surface area (TPSA) is 72.7 Å². The number of aromatic nitrogens is 4. The zero-order valence-electron chi connectivity index (χ0n) is 15.8. The fourth-order valence-corrected chi connectivity index (χ4v) is 3.91. The summed E-state index contributed by atoms with van der Waals surface area (Å²) in [5.41, 5.74) is 2.18. The molecule has 6 nitrogen and oxygen atoms in total. The van der Waals surface area contributed by atoms with Crippen molar-refractivity contribution in [1.82, 2.24) is 25.1 Å². The van der Waals surface area contributed by atoms with Crippen molar-refractivity contribution in [3.63, 3.8) is 0 Å². The Morgan fingerprint density at radius 2 is 2.04 bits per heavy atom. The Morgan fingerprint density at radius 3 is 2.75 bits per heavy atom. The van der Waals surface area contributed by atoms with Gasteiger partial charge in [0.05, 0.1) is 5.75 Å². The minimum Gasteiger partial charge on any atom is -0.355 e. The van der Waals surface area contributed by atoms with Crippen LogP contribution < -0.4 is 5.32 Å².